The van der Waals surface area contributed by atoms with Crippen molar-refractivity contribution in [1.82, 2.24) is 0 Å². The van der Waals surface area contributed by atoms with E-state index in [1.54, 1.807) is 12.2 Å². The van der Waals surface area contributed by atoms with Gasteiger partial charge < -0.3 is 9.47 Å². The smallest absolute Gasteiger partial charge is 0.123 e. The molecule has 0 saturated carbocycles. The molecule has 20 heavy (non-hydrogen) atoms. The number of hydrogen-bond acceptors (Lipinski definition) is 2. The second kappa shape index (κ2) is 6.47. The SMILES string of the molecule is C=CCOc1ccc(OCC=C)c2c1CC(C)=C(C)C2. The first-order valence-electron chi connectivity index (χ1n) is 6.94. The van der Waals surface area contributed by atoms with Crippen molar-refractivity contribution < 1.29 is 9.47 Å². The van der Waals surface area contributed by atoms with Crippen LogP contribution in [0.4, 0.5) is 0 Å². The Morgan fingerprint density at radius 1 is 0.900 bits per heavy atom. The van der Waals surface area contributed by atoms with Crippen molar-refractivity contribution in [2.24, 2.45) is 0 Å². The van der Waals surface area contributed by atoms with Crippen molar-refractivity contribution >= 4 is 0 Å². The first-order chi connectivity index (χ1) is 9.67. The second-order valence-electron chi connectivity index (χ2n) is 5.13. The van der Waals surface area contributed by atoms with Gasteiger partial charge in [0.2, 0.25) is 0 Å². The van der Waals surface area contributed by atoms with Gasteiger partial charge in [-0.15, -0.1) is 0 Å². The van der Waals surface area contributed by atoms with E-state index in [0.717, 1.165) is 24.3 Å². The number of allylic oxidation sites excluding steroid dienone is 2. The molecular weight excluding hydrogens is 248 g/mol. The van der Waals surface area contributed by atoms with Crippen LogP contribution < -0.4 is 9.47 Å². The molecule has 0 amide bonds. The minimum Gasteiger partial charge on any atom is -0.489 e. The highest BCUT2D eigenvalue weighted by molar-refractivity contribution is 5.54. The number of benzene rings is 1. The van der Waals surface area contributed by atoms with Crippen molar-refractivity contribution in [3.8, 4) is 11.5 Å². The third kappa shape index (κ3) is 2.96. The second-order valence-corrected chi connectivity index (χ2v) is 5.13. The fourth-order valence-electron chi connectivity index (χ4n) is 2.44. The molecule has 2 heteroatoms. The minimum atomic E-state index is 0.529. The van der Waals surface area contributed by atoms with E-state index in [0.29, 0.717) is 13.2 Å². The third-order valence-electron chi connectivity index (χ3n) is 3.67. The van der Waals surface area contributed by atoms with Crippen LogP contribution in [0.5, 0.6) is 11.5 Å². The van der Waals surface area contributed by atoms with Crippen molar-refractivity contribution in [3.63, 3.8) is 0 Å². The highest BCUT2D eigenvalue weighted by Crippen LogP contribution is 2.38. The van der Waals surface area contributed by atoms with Gasteiger partial charge in [-0.3, -0.25) is 0 Å². The Hall–Kier alpha value is -1.96. The maximum absolute atomic E-state index is 5.78. The molecule has 0 unspecified atom stereocenters. The summed E-state index contributed by atoms with van der Waals surface area (Å²) in [4.78, 5) is 0. The van der Waals surface area contributed by atoms with Gasteiger partial charge in [0.1, 0.15) is 24.7 Å². The number of ether oxygens (including phenoxy) is 2. The van der Waals surface area contributed by atoms with E-state index in [-0.39, 0.29) is 0 Å². The van der Waals surface area contributed by atoms with Gasteiger partial charge in [-0.2, -0.15) is 0 Å². The summed E-state index contributed by atoms with van der Waals surface area (Å²) in [5, 5.41) is 0. The number of rotatable bonds is 6. The monoisotopic (exact) mass is 270 g/mol. The molecule has 0 spiro atoms. The van der Waals surface area contributed by atoms with Crippen LogP contribution in [0.1, 0.15) is 25.0 Å². The summed E-state index contributed by atoms with van der Waals surface area (Å²) < 4.78 is 11.6. The molecule has 106 valence electrons. The molecule has 1 aliphatic carbocycles. The van der Waals surface area contributed by atoms with E-state index in [1.165, 1.54) is 22.3 Å². The van der Waals surface area contributed by atoms with E-state index in [1.807, 2.05) is 12.1 Å². The van der Waals surface area contributed by atoms with Gasteiger partial charge in [0.25, 0.3) is 0 Å². The predicted molar refractivity (Wildman–Crippen MR) is 83.6 cm³/mol. The maximum Gasteiger partial charge on any atom is 0.123 e. The Morgan fingerprint density at radius 2 is 1.30 bits per heavy atom. The lowest BCUT2D eigenvalue weighted by Gasteiger charge is -2.24. The minimum absolute atomic E-state index is 0.529. The zero-order chi connectivity index (χ0) is 14.5. The first-order valence-corrected chi connectivity index (χ1v) is 6.94. The van der Waals surface area contributed by atoms with Crippen LogP contribution in [0.3, 0.4) is 0 Å². The Morgan fingerprint density at radius 3 is 1.65 bits per heavy atom. The van der Waals surface area contributed by atoms with Crippen molar-refractivity contribution in [1.29, 1.82) is 0 Å². The Kier molecular flexibility index (Phi) is 4.67. The van der Waals surface area contributed by atoms with Crippen molar-refractivity contribution in [2.45, 2.75) is 26.7 Å². The largest absolute Gasteiger partial charge is 0.489 e. The fourth-order valence-corrected chi connectivity index (χ4v) is 2.44. The average molecular weight is 270 g/mol. The molecule has 1 aliphatic rings. The zero-order valence-corrected chi connectivity index (χ0v) is 12.4. The summed E-state index contributed by atoms with van der Waals surface area (Å²) in [5.74, 6) is 1.88. The van der Waals surface area contributed by atoms with Gasteiger partial charge >= 0.3 is 0 Å². The molecule has 0 aromatic heterocycles. The molecular formula is C18H22O2. The van der Waals surface area contributed by atoms with Crippen LogP contribution in [0.25, 0.3) is 0 Å². The summed E-state index contributed by atoms with van der Waals surface area (Å²) in [6.45, 7) is 12.8. The summed E-state index contributed by atoms with van der Waals surface area (Å²) in [6.07, 6.45) is 5.40. The van der Waals surface area contributed by atoms with Crippen LogP contribution >= 0.6 is 0 Å². The van der Waals surface area contributed by atoms with Gasteiger partial charge in [-0.25, -0.2) is 0 Å². The first kappa shape index (κ1) is 14.4. The normalized spacial score (nSPS) is 13.7. The van der Waals surface area contributed by atoms with Crippen LogP contribution in [-0.2, 0) is 12.8 Å². The molecule has 0 radical (unpaired) electrons. The molecule has 0 N–H and O–H groups in total. The average Bonchev–Trinajstić information content (AvgIpc) is 2.45. The van der Waals surface area contributed by atoms with Gasteiger partial charge in [-0.1, -0.05) is 36.5 Å². The number of fused-ring (bicyclic) bond motifs is 1. The molecule has 2 nitrogen and oxygen atoms in total. The van der Waals surface area contributed by atoms with Crippen molar-refractivity contribution in [3.05, 3.63) is 59.7 Å². The quantitative estimate of drug-likeness (QED) is 0.719. The lowest BCUT2D eigenvalue weighted by molar-refractivity contribution is 0.346. The highest BCUT2D eigenvalue weighted by atomic mass is 16.5. The molecule has 0 atom stereocenters. The molecule has 1 aromatic rings. The van der Waals surface area contributed by atoms with E-state index in [2.05, 4.69) is 27.0 Å². The zero-order valence-electron chi connectivity index (χ0n) is 12.4. The molecule has 0 saturated heterocycles. The molecule has 1 aromatic carbocycles. The van der Waals surface area contributed by atoms with Gasteiger partial charge in [-0.05, 0) is 38.8 Å². The van der Waals surface area contributed by atoms with Crippen LogP contribution in [0.15, 0.2) is 48.6 Å². The van der Waals surface area contributed by atoms with E-state index in [9.17, 15) is 0 Å². The van der Waals surface area contributed by atoms with Gasteiger partial charge in [0.15, 0.2) is 0 Å². The van der Waals surface area contributed by atoms with Crippen LogP contribution in [0.2, 0.25) is 0 Å². The van der Waals surface area contributed by atoms with E-state index < -0.39 is 0 Å². The molecule has 2 rings (SSSR count). The van der Waals surface area contributed by atoms with Crippen molar-refractivity contribution in [2.75, 3.05) is 13.2 Å². The molecule has 0 aliphatic heterocycles. The van der Waals surface area contributed by atoms with Crippen LogP contribution in [-0.4, -0.2) is 13.2 Å². The number of hydrogen-bond donors (Lipinski definition) is 0. The summed E-state index contributed by atoms with van der Waals surface area (Å²) >= 11 is 0. The molecule has 0 bridgehead atoms. The summed E-state index contributed by atoms with van der Waals surface area (Å²) in [7, 11) is 0. The molecule has 0 fully saturated rings. The van der Waals surface area contributed by atoms with E-state index in [4.69, 9.17) is 9.47 Å². The standard InChI is InChI=1S/C18H22O2/c1-5-9-19-17-7-8-18(20-10-6-2)16-12-14(4)13(3)11-15(16)17/h5-8H,1-2,9-12H2,3-4H3. The summed E-state index contributed by atoms with van der Waals surface area (Å²) in [5.41, 5.74) is 5.33. The third-order valence-corrected chi connectivity index (χ3v) is 3.67. The lowest BCUT2D eigenvalue weighted by atomic mass is 9.86. The summed E-state index contributed by atoms with van der Waals surface area (Å²) in [6, 6.07) is 3.99. The maximum atomic E-state index is 5.78. The Bertz CT molecular complexity index is 504. The van der Waals surface area contributed by atoms with Crippen LogP contribution in [0, 0.1) is 0 Å². The van der Waals surface area contributed by atoms with Gasteiger partial charge in [0, 0.05) is 11.1 Å². The molecule has 0 heterocycles. The van der Waals surface area contributed by atoms with Gasteiger partial charge in [0.05, 0.1) is 0 Å². The highest BCUT2D eigenvalue weighted by Gasteiger charge is 2.21. The lowest BCUT2D eigenvalue weighted by Crippen LogP contribution is -2.11. The predicted octanol–water partition coefficient (Wildman–Crippen LogP) is 4.25. The van der Waals surface area contributed by atoms with E-state index >= 15 is 0 Å². The fraction of sp³-hybridized carbons (Fsp3) is 0.333. The Labute approximate surface area is 121 Å². The topological polar surface area (TPSA) is 18.5 Å². The Balaban J connectivity index is 2.39.